The first-order valence-corrected chi connectivity index (χ1v) is 12.5. The van der Waals surface area contributed by atoms with Crippen LogP contribution in [-0.2, 0) is 20.6 Å². The summed E-state index contributed by atoms with van der Waals surface area (Å²) >= 11 is 7.75. The number of sulfonamides is 1. The maximum atomic E-state index is 13.2. The van der Waals surface area contributed by atoms with Gasteiger partial charge < -0.3 is 5.32 Å². The van der Waals surface area contributed by atoms with Crippen LogP contribution in [0.15, 0.2) is 48.5 Å². The number of carbonyl (C=O) groups is 1. The van der Waals surface area contributed by atoms with Crippen molar-refractivity contribution in [2.45, 2.75) is 25.1 Å². The number of rotatable bonds is 10. The van der Waals surface area contributed by atoms with Gasteiger partial charge in [-0.3, -0.25) is 9.10 Å². The van der Waals surface area contributed by atoms with Crippen molar-refractivity contribution in [2.75, 3.05) is 22.9 Å². The Bertz CT molecular complexity index is 924. The summed E-state index contributed by atoms with van der Waals surface area (Å²) in [7, 11) is -3.73. The highest BCUT2D eigenvalue weighted by molar-refractivity contribution is 7.98. The normalized spacial score (nSPS) is 12.4. The summed E-state index contributed by atoms with van der Waals surface area (Å²) in [6.07, 6.45) is 1.31. The largest absolute Gasteiger partial charge is 0.353 e. The molecule has 0 bridgehead atoms. The molecule has 158 valence electrons. The highest BCUT2D eigenvalue weighted by Gasteiger charge is 2.31. The molecule has 2 aromatic carbocycles. The maximum absolute atomic E-state index is 13.2. The Labute approximate surface area is 180 Å². The Morgan fingerprint density at radius 2 is 1.86 bits per heavy atom. The summed E-state index contributed by atoms with van der Waals surface area (Å²) in [4.78, 5) is 12.7. The first kappa shape index (κ1) is 23.5. The second-order valence-corrected chi connectivity index (χ2v) is 9.77. The van der Waals surface area contributed by atoms with Crippen molar-refractivity contribution in [3.05, 3.63) is 64.9 Å². The Balaban J connectivity index is 1.97. The second kappa shape index (κ2) is 10.8. The quantitative estimate of drug-likeness (QED) is 0.545. The molecule has 0 unspecified atom stereocenters. The molecule has 0 heterocycles. The van der Waals surface area contributed by atoms with E-state index in [-0.39, 0.29) is 18.0 Å². The molecule has 0 aliphatic rings. The third kappa shape index (κ3) is 6.90. The van der Waals surface area contributed by atoms with Gasteiger partial charge in [-0.15, -0.1) is 0 Å². The lowest BCUT2D eigenvalue weighted by Gasteiger charge is -2.30. The number of thioether (sulfide) groups is 1. The first-order chi connectivity index (χ1) is 13.7. The maximum Gasteiger partial charge on any atom is 0.243 e. The van der Waals surface area contributed by atoms with E-state index in [1.54, 1.807) is 18.7 Å². The number of anilines is 1. The van der Waals surface area contributed by atoms with Gasteiger partial charge in [-0.2, -0.15) is 11.8 Å². The van der Waals surface area contributed by atoms with Crippen molar-refractivity contribution >= 4 is 45.0 Å². The minimum atomic E-state index is -3.73. The van der Waals surface area contributed by atoms with E-state index in [4.69, 9.17) is 11.6 Å². The van der Waals surface area contributed by atoms with Crippen LogP contribution in [0.2, 0.25) is 5.02 Å². The van der Waals surface area contributed by atoms with Gasteiger partial charge in [-0.25, -0.2) is 12.8 Å². The zero-order chi connectivity index (χ0) is 21.4. The lowest BCUT2D eigenvalue weighted by atomic mass is 10.2. The standard InChI is InChI=1S/C20H24ClFN2O3S2/c1-3-19(24(29(2,26)27)17-10-8-16(22)9-11-17)20(25)23-12-13-28-14-15-6-4-5-7-18(15)21/h4-11,19H,3,12-14H2,1-2H3,(H,23,25)/t19-/m1/s1. The monoisotopic (exact) mass is 458 g/mol. The predicted octanol–water partition coefficient (Wildman–Crippen LogP) is 4.07. The number of amides is 1. The molecule has 1 N–H and O–H groups in total. The predicted molar refractivity (Wildman–Crippen MR) is 118 cm³/mol. The van der Waals surface area contributed by atoms with Crippen LogP contribution in [0.3, 0.4) is 0 Å². The van der Waals surface area contributed by atoms with Crippen molar-refractivity contribution in [3.63, 3.8) is 0 Å². The fraction of sp³-hybridized carbons (Fsp3) is 0.350. The Hall–Kier alpha value is -1.77. The highest BCUT2D eigenvalue weighted by atomic mass is 35.5. The molecule has 2 rings (SSSR count). The summed E-state index contributed by atoms with van der Waals surface area (Å²) in [5.74, 6) is 0.511. The number of hydrogen-bond donors (Lipinski definition) is 1. The van der Waals surface area contributed by atoms with Crippen LogP contribution < -0.4 is 9.62 Å². The van der Waals surface area contributed by atoms with Crippen LogP contribution in [0.25, 0.3) is 0 Å². The molecule has 0 saturated heterocycles. The lowest BCUT2D eigenvalue weighted by Crippen LogP contribution is -2.49. The van der Waals surface area contributed by atoms with Crippen LogP contribution in [0.4, 0.5) is 10.1 Å². The molecule has 5 nitrogen and oxygen atoms in total. The van der Waals surface area contributed by atoms with Gasteiger partial charge in [-0.05, 0) is 42.3 Å². The molecular formula is C20H24ClFN2O3S2. The first-order valence-electron chi connectivity index (χ1n) is 9.08. The van der Waals surface area contributed by atoms with Crippen LogP contribution in [0, 0.1) is 5.82 Å². The second-order valence-electron chi connectivity index (χ2n) is 6.39. The van der Waals surface area contributed by atoms with Crippen molar-refractivity contribution in [1.29, 1.82) is 0 Å². The molecule has 1 amide bonds. The fourth-order valence-corrected chi connectivity index (χ4v) is 5.17. The smallest absolute Gasteiger partial charge is 0.243 e. The Morgan fingerprint density at radius 3 is 2.45 bits per heavy atom. The van der Waals surface area contributed by atoms with Crippen molar-refractivity contribution in [2.24, 2.45) is 0 Å². The van der Waals surface area contributed by atoms with E-state index in [2.05, 4.69) is 5.32 Å². The van der Waals surface area contributed by atoms with Crippen LogP contribution in [0.1, 0.15) is 18.9 Å². The van der Waals surface area contributed by atoms with Crippen LogP contribution >= 0.6 is 23.4 Å². The van der Waals surface area contributed by atoms with Gasteiger partial charge in [0.05, 0.1) is 11.9 Å². The molecule has 0 spiro atoms. The van der Waals surface area contributed by atoms with E-state index in [1.807, 2.05) is 24.3 Å². The number of nitrogens with zero attached hydrogens (tertiary/aromatic N) is 1. The van der Waals surface area contributed by atoms with E-state index in [9.17, 15) is 17.6 Å². The lowest BCUT2D eigenvalue weighted by molar-refractivity contribution is -0.122. The summed E-state index contributed by atoms with van der Waals surface area (Å²) in [5, 5.41) is 3.50. The van der Waals surface area contributed by atoms with Crippen molar-refractivity contribution < 1.29 is 17.6 Å². The third-order valence-corrected chi connectivity index (χ3v) is 6.73. The van der Waals surface area contributed by atoms with Crippen LogP contribution in [-0.4, -0.2) is 38.9 Å². The fourth-order valence-electron chi connectivity index (χ4n) is 2.81. The van der Waals surface area contributed by atoms with Gasteiger partial charge in [0.15, 0.2) is 0 Å². The minimum absolute atomic E-state index is 0.254. The summed E-state index contributed by atoms with van der Waals surface area (Å²) < 4.78 is 38.9. The third-order valence-electron chi connectivity index (χ3n) is 4.17. The van der Waals surface area contributed by atoms with E-state index >= 15 is 0 Å². The van der Waals surface area contributed by atoms with Gasteiger partial charge in [0, 0.05) is 23.1 Å². The topological polar surface area (TPSA) is 66.5 Å². The van der Waals surface area contributed by atoms with Crippen molar-refractivity contribution in [3.8, 4) is 0 Å². The summed E-state index contributed by atoms with van der Waals surface area (Å²) in [5.41, 5.74) is 1.28. The zero-order valence-electron chi connectivity index (χ0n) is 16.3. The molecule has 0 radical (unpaired) electrons. The van der Waals surface area contributed by atoms with Gasteiger partial charge in [0.2, 0.25) is 15.9 Å². The summed E-state index contributed by atoms with van der Waals surface area (Å²) in [6, 6.07) is 11.7. The van der Waals surface area contributed by atoms with Crippen molar-refractivity contribution in [1.82, 2.24) is 5.32 Å². The average molecular weight is 459 g/mol. The van der Waals surface area contributed by atoms with E-state index in [0.29, 0.717) is 17.3 Å². The number of hydrogen-bond acceptors (Lipinski definition) is 4. The Kier molecular flexibility index (Phi) is 8.79. The van der Waals surface area contributed by atoms with Gasteiger partial charge in [-0.1, -0.05) is 36.7 Å². The molecule has 0 aromatic heterocycles. The molecule has 0 aliphatic heterocycles. The number of carbonyl (C=O) groups excluding carboxylic acids is 1. The number of benzene rings is 2. The van der Waals surface area contributed by atoms with Gasteiger partial charge >= 0.3 is 0 Å². The SMILES string of the molecule is CC[C@H](C(=O)NCCSCc1ccccc1Cl)N(c1ccc(F)cc1)S(C)(=O)=O. The molecule has 2 aromatic rings. The zero-order valence-corrected chi connectivity index (χ0v) is 18.7. The molecule has 0 aliphatic carbocycles. The van der Waals surface area contributed by atoms with Gasteiger partial charge in [0.1, 0.15) is 11.9 Å². The molecule has 0 saturated carbocycles. The van der Waals surface area contributed by atoms with E-state index in [0.717, 1.165) is 21.9 Å². The minimum Gasteiger partial charge on any atom is -0.353 e. The molecule has 0 fully saturated rings. The summed E-state index contributed by atoms with van der Waals surface area (Å²) in [6.45, 7) is 2.13. The molecular weight excluding hydrogens is 435 g/mol. The van der Waals surface area contributed by atoms with E-state index in [1.165, 1.54) is 24.3 Å². The number of nitrogens with one attached hydrogen (secondary N) is 1. The Morgan fingerprint density at radius 1 is 1.21 bits per heavy atom. The van der Waals surface area contributed by atoms with Gasteiger partial charge in [0.25, 0.3) is 0 Å². The molecule has 29 heavy (non-hydrogen) atoms. The average Bonchev–Trinajstić information content (AvgIpc) is 2.67. The number of halogens is 2. The van der Waals surface area contributed by atoms with Crippen LogP contribution in [0.5, 0.6) is 0 Å². The molecule has 1 atom stereocenters. The van der Waals surface area contributed by atoms with E-state index < -0.39 is 21.9 Å². The highest BCUT2D eigenvalue weighted by Crippen LogP contribution is 2.23. The molecule has 9 heteroatoms.